The van der Waals surface area contributed by atoms with Gasteiger partial charge in [0, 0.05) is 24.5 Å². The number of nitrogens with zero attached hydrogens (tertiary/aromatic N) is 3. The highest BCUT2D eigenvalue weighted by Crippen LogP contribution is 2.24. The Morgan fingerprint density at radius 3 is 2.57 bits per heavy atom. The van der Waals surface area contributed by atoms with Crippen molar-refractivity contribution >= 4 is 11.5 Å². The summed E-state index contributed by atoms with van der Waals surface area (Å²) in [7, 11) is 1.93. The highest BCUT2D eigenvalue weighted by molar-refractivity contribution is 5.59. The Morgan fingerprint density at radius 2 is 2.00 bits per heavy atom. The molecule has 0 fully saturated rings. The van der Waals surface area contributed by atoms with Gasteiger partial charge in [0.05, 0.1) is 12.5 Å². The topological polar surface area (TPSA) is 52.0 Å². The average molecular weight is 280 g/mol. The van der Waals surface area contributed by atoms with Gasteiger partial charge in [-0.15, -0.1) is 0 Å². The fourth-order valence-corrected chi connectivity index (χ4v) is 2.13. The summed E-state index contributed by atoms with van der Waals surface area (Å²) >= 11 is 0. The van der Waals surface area contributed by atoms with Crippen molar-refractivity contribution in [2.24, 2.45) is 0 Å². The maximum Gasteiger partial charge on any atom is 0.132 e. The van der Waals surface area contributed by atoms with E-state index < -0.39 is 0 Å². The molecule has 1 aromatic heterocycles. The second kappa shape index (κ2) is 7.41. The number of nitrogens with one attached hydrogen (secondary N) is 1. The SMILES string of the molecule is CNC(C)c1ccc(N(CCC#N)c2ccccc2)nc1. The van der Waals surface area contributed by atoms with E-state index in [-0.39, 0.29) is 6.04 Å². The van der Waals surface area contributed by atoms with Crippen molar-refractivity contribution in [1.82, 2.24) is 10.3 Å². The first-order valence-electron chi connectivity index (χ1n) is 7.09. The Bertz CT molecular complexity index is 586. The lowest BCUT2D eigenvalue weighted by atomic mass is 10.1. The monoisotopic (exact) mass is 280 g/mol. The van der Waals surface area contributed by atoms with Crippen molar-refractivity contribution in [2.75, 3.05) is 18.5 Å². The molecule has 0 spiro atoms. The Morgan fingerprint density at radius 1 is 1.24 bits per heavy atom. The first-order chi connectivity index (χ1) is 10.3. The van der Waals surface area contributed by atoms with Crippen LogP contribution in [0.25, 0.3) is 0 Å². The molecule has 2 aromatic rings. The molecule has 0 aliphatic carbocycles. The Hall–Kier alpha value is -2.38. The molecule has 0 aliphatic rings. The predicted molar refractivity (Wildman–Crippen MR) is 85.4 cm³/mol. The summed E-state index contributed by atoms with van der Waals surface area (Å²) in [5.41, 5.74) is 2.20. The Labute approximate surface area is 126 Å². The van der Waals surface area contributed by atoms with Crippen molar-refractivity contribution in [2.45, 2.75) is 19.4 Å². The molecule has 21 heavy (non-hydrogen) atoms. The van der Waals surface area contributed by atoms with Crippen LogP contribution in [0.2, 0.25) is 0 Å². The molecule has 1 aromatic carbocycles. The van der Waals surface area contributed by atoms with Gasteiger partial charge in [0.25, 0.3) is 0 Å². The Balaban J connectivity index is 2.27. The van der Waals surface area contributed by atoms with E-state index >= 15 is 0 Å². The van der Waals surface area contributed by atoms with E-state index in [1.54, 1.807) is 0 Å². The van der Waals surface area contributed by atoms with Crippen LogP contribution in [0.4, 0.5) is 11.5 Å². The van der Waals surface area contributed by atoms with Crippen LogP contribution >= 0.6 is 0 Å². The number of para-hydroxylation sites is 1. The summed E-state index contributed by atoms with van der Waals surface area (Å²) in [5.74, 6) is 0.864. The summed E-state index contributed by atoms with van der Waals surface area (Å²) in [6.45, 7) is 2.73. The van der Waals surface area contributed by atoms with Gasteiger partial charge < -0.3 is 10.2 Å². The van der Waals surface area contributed by atoms with Crippen LogP contribution in [0.15, 0.2) is 48.7 Å². The zero-order valence-electron chi connectivity index (χ0n) is 12.5. The lowest BCUT2D eigenvalue weighted by Crippen LogP contribution is -2.19. The first-order valence-corrected chi connectivity index (χ1v) is 7.09. The second-order valence-corrected chi connectivity index (χ2v) is 4.86. The number of hydrogen-bond acceptors (Lipinski definition) is 4. The van der Waals surface area contributed by atoms with Gasteiger partial charge in [-0.3, -0.25) is 0 Å². The number of anilines is 2. The van der Waals surface area contributed by atoms with Gasteiger partial charge >= 0.3 is 0 Å². The molecule has 0 bridgehead atoms. The van der Waals surface area contributed by atoms with E-state index in [1.165, 1.54) is 0 Å². The minimum Gasteiger partial charge on any atom is -0.325 e. The summed E-state index contributed by atoms with van der Waals surface area (Å²) in [6.07, 6.45) is 2.35. The highest BCUT2D eigenvalue weighted by Gasteiger charge is 2.11. The van der Waals surface area contributed by atoms with E-state index in [4.69, 9.17) is 5.26 Å². The van der Waals surface area contributed by atoms with Crippen molar-refractivity contribution in [3.63, 3.8) is 0 Å². The third kappa shape index (κ3) is 3.80. The fraction of sp³-hybridized carbons (Fsp3) is 0.294. The van der Waals surface area contributed by atoms with Crippen molar-refractivity contribution < 1.29 is 0 Å². The van der Waals surface area contributed by atoms with Gasteiger partial charge in [-0.05, 0) is 37.7 Å². The lowest BCUT2D eigenvalue weighted by molar-refractivity contribution is 0.649. The molecule has 0 aliphatic heterocycles. The van der Waals surface area contributed by atoms with Gasteiger partial charge in [-0.25, -0.2) is 4.98 Å². The van der Waals surface area contributed by atoms with Gasteiger partial charge in [0.15, 0.2) is 0 Å². The molecule has 4 heteroatoms. The van der Waals surface area contributed by atoms with Crippen LogP contribution < -0.4 is 10.2 Å². The van der Waals surface area contributed by atoms with Crippen LogP contribution in [0.5, 0.6) is 0 Å². The minimum atomic E-state index is 0.274. The summed E-state index contributed by atoms with van der Waals surface area (Å²) in [5, 5.41) is 12.1. The van der Waals surface area contributed by atoms with E-state index in [0.29, 0.717) is 13.0 Å². The lowest BCUT2D eigenvalue weighted by Gasteiger charge is -2.23. The predicted octanol–water partition coefficient (Wildman–Crippen LogP) is 3.41. The zero-order chi connectivity index (χ0) is 15.1. The van der Waals surface area contributed by atoms with Crippen molar-refractivity contribution in [3.05, 3.63) is 54.2 Å². The smallest absolute Gasteiger partial charge is 0.132 e. The number of nitriles is 1. The average Bonchev–Trinajstić information content (AvgIpc) is 2.56. The van der Waals surface area contributed by atoms with Crippen molar-refractivity contribution in [3.8, 4) is 6.07 Å². The number of aromatic nitrogens is 1. The third-order valence-corrected chi connectivity index (χ3v) is 3.50. The summed E-state index contributed by atoms with van der Waals surface area (Å²) < 4.78 is 0. The van der Waals surface area contributed by atoms with Gasteiger partial charge in [-0.2, -0.15) is 5.26 Å². The largest absolute Gasteiger partial charge is 0.325 e. The third-order valence-electron chi connectivity index (χ3n) is 3.50. The van der Waals surface area contributed by atoms with Crippen LogP contribution in [0.3, 0.4) is 0 Å². The van der Waals surface area contributed by atoms with E-state index in [0.717, 1.165) is 17.1 Å². The van der Waals surface area contributed by atoms with Crippen molar-refractivity contribution in [1.29, 1.82) is 5.26 Å². The molecule has 0 saturated heterocycles. The fourth-order valence-electron chi connectivity index (χ4n) is 2.13. The molecule has 1 N–H and O–H groups in total. The standard InChI is InChI=1S/C17H20N4/c1-14(19-2)15-9-10-17(20-13-15)21(12-6-11-18)16-7-4-3-5-8-16/h3-5,7-10,13-14,19H,6,12H2,1-2H3. The second-order valence-electron chi connectivity index (χ2n) is 4.86. The highest BCUT2D eigenvalue weighted by atomic mass is 15.2. The van der Waals surface area contributed by atoms with Crippen LogP contribution in [0, 0.1) is 11.3 Å². The maximum atomic E-state index is 8.85. The van der Waals surface area contributed by atoms with E-state index in [1.807, 2.05) is 49.6 Å². The van der Waals surface area contributed by atoms with Gasteiger partial charge in [-0.1, -0.05) is 24.3 Å². The molecule has 0 radical (unpaired) electrons. The molecule has 0 amide bonds. The van der Waals surface area contributed by atoms with Gasteiger partial charge in [0.2, 0.25) is 0 Å². The molecule has 1 unspecified atom stereocenters. The minimum absolute atomic E-state index is 0.274. The summed E-state index contributed by atoms with van der Waals surface area (Å²) in [4.78, 5) is 6.62. The molecule has 1 atom stereocenters. The molecular weight excluding hydrogens is 260 g/mol. The number of rotatable bonds is 6. The number of pyridine rings is 1. The molecule has 2 rings (SSSR count). The first kappa shape index (κ1) is 15.0. The van der Waals surface area contributed by atoms with Crippen LogP contribution in [-0.2, 0) is 0 Å². The summed E-state index contributed by atoms with van der Waals surface area (Å²) in [6, 6.07) is 16.6. The molecule has 1 heterocycles. The molecule has 4 nitrogen and oxygen atoms in total. The van der Waals surface area contributed by atoms with Crippen LogP contribution in [0.1, 0.15) is 24.9 Å². The molecule has 108 valence electrons. The zero-order valence-corrected chi connectivity index (χ0v) is 12.5. The molecular formula is C17H20N4. The molecule has 0 saturated carbocycles. The number of hydrogen-bond donors (Lipinski definition) is 1. The number of benzene rings is 1. The van der Waals surface area contributed by atoms with Gasteiger partial charge in [0.1, 0.15) is 5.82 Å². The van der Waals surface area contributed by atoms with E-state index in [2.05, 4.69) is 34.3 Å². The normalized spacial score (nSPS) is 11.7. The quantitative estimate of drug-likeness (QED) is 0.881. The Kier molecular flexibility index (Phi) is 5.30. The van der Waals surface area contributed by atoms with E-state index in [9.17, 15) is 0 Å². The van der Waals surface area contributed by atoms with Crippen LogP contribution in [-0.4, -0.2) is 18.6 Å². The maximum absolute atomic E-state index is 8.85.